The highest BCUT2D eigenvalue weighted by atomic mass is 127. The Morgan fingerprint density at radius 1 is 1.14 bits per heavy atom. The number of hydrogen-bond acceptors (Lipinski definition) is 3. The zero-order chi connectivity index (χ0) is 16.4. The third kappa shape index (κ3) is 14.6. The largest absolute Gasteiger partial charge is 0.390 e. The van der Waals surface area contributed by atoms with Gasteiger partial charge in [0.2, 0.25) is 10.0 Å². The molecule has 6 nitrogen and oxygen atoms in total. The molecule has 0 unspecified atom stereocenters. The maximum absolute atomic E-state index is 12.0. The third-order valence-corrected chi connectivity index (χ3v) is 3.76. The highest BCUT2D eigenvalue weighted by Gasteiger charge is 2.26. The predicted octanol–water partition coefficient (Wildman–Crippen LogP) is 1.44. The molecule has 0 aromatic heterocycles. The second kappa shape index (κ2) is 12.2. The summed E-state index contributed by atoms with van der Waals surface area (Å²) in [4.78, 5) is 4.07. The van der Waals surface area contributed by atoms with E-state index in [1.165, 1.54) is 6.92 Å². The lowest BCUT2D eigenvalue weighted by Gasteiger charge is -2.12. The monoisotopic (exact) mass is 460 g/mol. The molecule has 22 heavy (non-hydrogen) atoms. The van der Waals surface area contributed by atoms with E-state index in [1.807, 2.05) is 0 Å². The van der Waals surface area contributed by atoms with Gasteiger partial charge in [-0.05, 0) is 20.3 Å². The topological polar surface area (TPSA) is 82.6 Å². The standard InChI is InChI=1S/C11H23F3N4O2S.HI/c1-3-15-10(17-9-6-11(12,13)14)16-7-5-8-18-21(19,20)4-2;/h18H,3-9H2,1-2H3,(H2,15,16,17);1H. The minimum Gasteiger partial charge on any atom is -0.357 e. The van der Waals surface area contributed by atoms with Gasteiger partial charge in [-0.1, -0.05) is 0 Å². The van der Waals surface area contributed by atoms with Crippen LogP contribution in [0.1, 0.15) is 26.7 Å². The van der Waals surface area contributed by atoms with Gasteiger partial charge >= 0.3 is 6.18 Å². The Labute approximate surface area is 146 Å². The molecule has 0 spiro atoms. The summed E-state index contributed by atoms with van der Waals surface area (Å²) in [6.45, 7) is 4.18. The average Bonchev–Trinajstić information content (AvgIpc) is 2.36. The van der Waals surface area contributed by atoms with Gasteiger partial charge in [-0.2, -0.15) is 13.2 Å². The fraction of sp³-hybridized carbons (Fsp3) is 0.909. The molecule has 11 heteroatoms. The van der Waals surface area contributed by atoms with Crippen LogP contribution in [0, 0.1) is 0 Å². The van der Waals surface area contributed by atoms with Gasteiger partial charge in [-0.15, -0.1) is 24.0 Å². The number of hydrogen-bond donors (Lipinski definition) is 3. The minimum atomic E-state index is -4.21. The molecule has 0 aliphatic heterocycles. The number of nitrogens with zero attached hydrogens (tertiary/aromatic N) is 1. The van der Waals surface area contributed by atoms with Crippen LogP contribution in [-0.2, 0) is 10.0 Å². The summed E-state index contributed by atoms with van der Waals surface area (Å²) in [7, 11) is -3.22. The summed E-state index contributed by atoms with van der Waals surface area (Å²) in [6.07, 6.45) is -4.68. The quantitative estimate of drug-likeness (QED) is 0.211. The Morgan fingerprint density at radius 2 is 1.77 bits per heavy atom. The van der Waals surface area contributed by atoms with Gasteiger partial charge in [0.15, 0.2) is 5.96 Å². The van der Waals surface area contributed by atoms with Crippen LogP contribution < -0.4 is 15.4 Å². The molecular weight excluding hydrogens is 436 g/mol. The number of rotatable bonds is 9. The molecule has 0 saturated carbocycles. The predicted molar refractivity (Wildman–Crippen MR) is 92.1 cm³/mol. The molecule has 0 heterocycles. The Kier molecular flexibility index (Phi) is 13.2. The molecule has 0 bridgehead atoms. The van der Waals surface area contributed by atoms with Crippen LogP contribution in [0.4, 0.5) is 13.2 Å². The third-order valence-electron chi connectivity index (χ3n) is 2.35. The lowest BCUT2D eigenvalue weighted by Crippen LogP contribution is -2.39. The van der Waals surface area contributed by atoms with Crippen molar-refractivity contribution in [3.63, 3.8) is 0 Å². The first kappa shape index (κ1) is 24.0. The summed E-state index contributed by atoms with van der Waals surface area (Å²) in [5, 5.41) is 5.40. The summed E-state index contributed by atoms with van der Waals surface area (Å²) in [5.74, 6) is 0.304. The summed E-state index contributed by atoms with van der Waals surface area (Å²) in [5.41, 5.74) is 0. The number of halogens is 4. The molecule has 0 aromatic rings. The molecule has 0 aliphatic rings. The van der Waals surface area contributed by atoms with E-state index in [4.69, 9.17) is 0 Å². The van der Waals surface area contributed by atoms with E-state index in [-0.39, 0.29) is 42.8 Å². The number of aliphatic imine (C=N–C) groups is 1. The van der Waals surface area contributed by atoms with Crippen molar-refractivity contribution in [2.45, 2.75) is 32.9 Å². The van der Waals surface area contributed by atoms with Gasteiger partial charge in [0.25, 0.3) is 0 Å². The highest BCUT2D eigenvalue weighted by Crippen LogP contribution is 2.17. The first-order chi connectivity index (χ1) is 9.70. The van der Waals surface area contributed by atoms with Crippen molar-refractivity contribution < 1.29 is 21.6 Å². The van der Waals surface area contributed by atoms with Gasteiger partial charge in [0, 0.05) is 26.2 Å². The molecule has 0 fully saturated rings. The normalized spacial score (nSPS) is 12.7. The maximum atomic E-state index is 12.0. The SMILES string of the molecule is CCNC(=NCCCNS(=O)(=O)CC)NCCC(F)(F)F.I. The van der Waals surface area contributed by atoms with Gasteiger partial charge < -0.3 is 10.6 Å². The maximum Gasteiger partial charge on any atom is 0.390 e. The van der Waals surface area contributed by atoms with Crippen molar-refractivity contribution in [2.24, 2.45) is 4.99 Å². The molecule has 0 aromatic carbocycles. The van der Waals surface area contributed by atoms with Gasteiger partial charge in [0.1, 0.15) is 0 Å². The van der Waals surface area contributed by atoms with Gasteiger partial charge in [0.05, 0.1) is 12.2 Å². The Balaban J connectivity index is 0. The van der Waals surface area contributed by atoms with Crippen molar-refractivity contribution in [3.8, 4) is 0 Å². The van der Waals surface area contributed by atoms with Gasteiger partial charge in [-0.3, -0.25) is 4.99 Å². The molecule has 0 atom stereocenters. The van der Waals surface area contributed by atoms with E-state index < -0.39 is 22.6 Å². The summed E-state index contributed by atoms with van der Waals surface area (Å²) in [6, 6.07) is 0. The van der Waals surface area contributed by atoms with Crippen molar-refractivity contribution in [1.82, 2.24) is 15.4 Å². The first-order valence-corrected chi connectivity index (χ1v) is 8.41. The van der Waals surface area contributed by atoms with Crippen molar-refractivity contribution in [3.05, 3.63) is 0 Å². The van der Waals surface area contributed by atoms with Crippen LogP contribution in [0.3, 0.4) is 0 Å². The number of guanidine groups is 1. The van der Waals surface area contributed by atoms with Gasteiger partial charge in [-0.25, -0.2) is 13.1 Å². The van der Waals surface area contributed by atoms with Crippen molar-refractivity contribution in [1.29, 1.82) is 0 Å². The van der Waals surface area contributed by atoms with E-state index in [2.05, 4.69) is 20.3 Å². The molecule has 0 saturated heterocycles. The second-order valence-electron chi connectivity index (χ2n) is 4.20. The van der Waals surface area contributed by atoms with Crippen LogP contribution in [0.25, 0.3) is 0 Å². The zero-order valence-corrected chi connectivity index (χ0v) is 15.8. The smallest absolute Gasteiger partial charge is 0.357 e. The van der Waals surface area contributed by atoms with Crippen LogP contribution in [-0.4, -0.2) is 52.5 Å². The van der Waals surface area contributed by atoms with Crippen LogP contribution in [0.2, 0.25) is 0 Å². The van der Waals surface area contributed by atoms with E-state index in [0.29, 0.717) is 25.5 Å². The zero-order valence-electron chi connectivity index (χ0n) is 12.7. The molecular formula is C11H24F3IN4O2S. The average molecular weight is 460 g/mol. The van der Waals surface area contributed by atoms with Crippen molar-refractivity contribution in [2.75, 3.05) is 31.9 Å². The number of nitrogens with one attached hydrogen (secondary N) is 3. The molecule has 3 N–H and O–H groups in total. The Hall–Kier alpha value is -0.300. The Morgan fingerprint density at radius 3 is 2.27 bits per heavy atom. The van der Waals surface area contributed by atoms with Crippen LogP contribution in [0.5, 0.6) is 0 Å². The first-order valence-electron chi connectivity index (χ1n) is 6.76. The van der Waals surface area contributed by atoms with Crippen LogP contribution >= 0.6 is 24.0 Å². The fourth-order valence-electron chi connectivity index (χ4n) is 1.26. The molecule has 0 rings (SSSR count). The lowest BCUT2D eigenvalue weighted by atomic mass is 10.4. The molecule has 0 radical (unpaired) electrons. The lowest BCUT2D eigenvalue weighted by molar-refractivity contribution is -0.132. The minimum absolute atomic E-state index is 0. The Bertz CT molecular complexity index is 416. The molecule has 134 valence electrons. The second-order valence-corrected chi connectivity index (χ2v) is 6.30. The number of sulfonamides is 1. The van der Waals surface area contributed by atoms with E-state index in [0.717, 1.165) is 0 Å². The fourth-order valence-corrected chi connectivity index (χ4v) is 1.92. The van der Waals surface area contributed by atoms with E-state index in [1.54, 1.807) is 6.92 Å². The summed E-state index contributed by atoms with van der Waals surface area (Å²) < 4.78 is 60.8. The summed E-state index contributed by atoms with van der Waals surface area (Å²) >= 11 is 0. The number of alkyl halides is 3. The van der Waals surface area contributed by atoms with E-state index >= 15 is 0 Å². The highest BCUT2D eigenvalue weighted by molar-refractivity contribution is 14.0. The van der Waals surface area contributed by atoms with Crippen molar-refractivity contribution >= 4 is 40.0 Å². The molecule has 0 amide bonds. The molecule has 0 aliphatic carbocycles. The van der Waals surface area contributed by atoms with E-state index in [9.17, 15) is 21.6 Å². The van der Waals surface area contributed by atoms with Crippen LogP contribution in [0.15, 0.2) is 4.99 Å².